The maximum Gasteiger partial charge on any atom is 0.238 e. The quantitative estimate of drug-likeness (QED) is 0.167. The van der Waals surface area contributed by atoms with Gasteiger partial charge < -0.3 is 0 Å². The lowest BCUT2D eigenvalue weighted by Crippen LogP contribution is -2.06. The number of hydrogen-bond acceptors (Lipinski definition) is 7. The van der Waals surface area contributed by atoms with Crippen LogP contribution in [0.5, 0.6) is 0 Å². The van der Waals surface area contributed by atoms with E-state index in [4.69, 9.17) is 24.9 Å². The topological polar surface area (TPSA) is 69.4 Å². The zero-order valence-corrected chi connectivity index (χ0v) is 35.1. The van der Waals surface area contributed by atoms with Crippen LogP contribution < -0.4 is 0 Å². The molecule has 5 aromatic heterocycles. The average molecular weight is 841 g/mol. The molecule has 8 heteroatoms. The minimum atomic E-state index is 0.566. The molecule has 8 aromatic carbocycles. The highest BCUT2D eigenvalue weighted by molar-refractivity contribution is 7.26. The monoisotopic (exact) mass is 840 g/mol. The summed E-state index contributed by atoms with van der Waals surface area (Å²) in [5.74, 6) is 2.50. The molecule has 0 unspecified atom stereocenters. The zero-order valence-electron chi connectivity index (χ0n) is 33.5. The lowest BCUT2D eigenvalue weighted by atomic mass is 10.0. The molecule has 63 heavy (non-hydrogen) atoms. The minimum absolute atomic E-state index is 0.566. The van der Waals surface area contributed by atoms with Gasteiger partial charge in [0.2, 0.25) is 5.95 Å². The molecular weight excluding hydrogens is 809 g/mol. The second-order valence-electron chi connectivity index (χ2n) is 15.6. The fourth-order valence-electron chi connectivity index (χ4n) is 8.96. The molecule has 0 aliphatic carbocycles. The molecule has 0 saturated carbocycles. The number of rotatable bonds is 6. The van der Waals surface area contributed by atoms with Crippen LogP contribution in [0.15, 0.2) is 194 Å². The van der Waals surface area contributed by atoms with Crippen LogP contribution in [0.3, 0.4) is 0 Å². The van der Waals surface area contributed by atoms with Gasteiger partial charge in [-0.05, 0) is 41.5 Å². The van der Waals surface area contributed by atoms with Gasteiger partial charge in [0.15, 0.2) is 17.5 Å². The highest BCUT2D eigenvalue weighted by Crippen LogP contribution is 2.44. The first kappa shape index (κ1) is 35.8. The second-order valence-corrected chi connectivity index (χ2v) is 17.8. The van der Waals surface area contributed by atoms with E-state index in [2.05, 4.69) is 168 Å². The standard InChI is InChI=1S/C55H32N6S2/c1-4-15-33(16-5-1)36-27-29-39-38-21-10-12-24-43(38)61(44(39)31-36)55-59-52(35-19-8-3-9-20-35)58-53(60-55)37-28-30-40-47(32-37)62-46-26-14-23-42(48(40)46)54-56-49(34-17-6-2-7-18-34)51-50(57-54)41-22-11-13-25-45(41)63-51/h1-32H. The Morgan fingerprint density at radius 3 is 1.79 bits per heavy atom. The van der Waals surface area contributed by atoms with E-state index >= 15 is 0 Å². The van der Waals surface area contributed by atoms with Crippen LogP contribution in [0.25, 0.3) is 125 Å². The molecule has 6 nitrogen and oxygen atoms in total. The largest absolute Gasteiger partial charge is 0.278 e. The normalized spacial score (nSPS) is 11.8. The predicted octanol–water partition coefficient (Wildman–Crippen LogP) is 14.8. The number of fused-ring (bicyclic) bond motifs is 9. The molecule has 0 radical (unpaired) electrons. The molecule has 13 aromatic rings. The highest BCUT2D eigenvalue weighted by atomic mass is 32.1. The van der Waals surface area contributed by atoms with Crippen molar-refractivity contribution in [3.63, 3.8) is 0 Å². The third-order valence-corrected chi connectivity index (χ3v) is 14.2. The first-order valence-electron chi connectivity index (χ1n) is 20.8. The number of benzene rings is 8. The highest BCUT2D eigenvalue weighted by Gasteiger charge is 2.22. The first-order chi connectivity index (χ1) is 31.2. The van der Waals surface area contributed by atoms with Gasteiger partial charge in [-0.25, -0.2) is 15.0 Å². The van der Waals surface area contributed by atoms with Crippen molar-refractivity contribution in [1.29, 1.82) is 0 Å². The zero-order chi connectivity index (χ0) is 41.4. The molecule has 0 spiro atoms. The molecule has 13 rings (SSSR count). The lowest BCUT2D eigenvalue weighted by molar-refractivity contribution is 0.954. The van der Waals surface area contributed by atoms with Crippen LogP contribution in [0.2, 0.25) is 0 Å². The summed E-state index contributed by atoms with van der Waals surface area (Å²) >= 11 is 3.52. The summed E-state index contributed by atoms with van der Waals surface area (Å²) in [6.07, 6.45) is 0. The summed E-state index contributed by atoms with van der Waals surface area (Å²) in [6.45, 7) is 0. The van der Waals surface area contributed by atoms with Crippen LogP contribution in [-0.4, -0.2) is 29.5 Å². The van der Waals surface area contributed by atoms with Crippen molar-refractivity contribution >= 4 is 85.0 Å². The Labute approximate surface area is 369 Å². The molecule has 5 heterocycles. The third-order valence-electron chi connectivity index (χ3n) is 11.9. The maximum absolute atomic E-state index is 5.35. The molecule has 0 fully saturated rings. The van der Waals surface area contributed by atoms with Gasteiger partial charge in [0.05, 0.1) is 26.9 Å². The molecule has 0 aliphatic heterocycles. The Hall–Kier alpha value is -7.91. The first-order valence-corrected chi connectivity index (χ1v) is 22.5. The van der Waals surface area contributed by atoms with E-state index in [0.29, 0.717) is 17.6 Å². The van der Waals surface area contributed by atoms with E-state index in [0.717, 1.165) is 97.8 Å². The van der Waals surface area contributed by atoms with Crippen molar-refractivity contribution in [2.75, 3.05) is 0 Å². The SMILES string of the molecule is c1ccc(-c2ccc3c4ccccc4n(-c4nc(-c5ccccc5)nc(-c5ccc6c(c5)sc5cccc(-c7nc(-c8ccccc8)c8sc9ccccc9c8n7)c56)n4)c3c2)cc1. The van der Waals surface area contributed by atoms with Gasteiger partial charge in [0, 0.05) is 63.3 Å². The van der Waals surface area contributed by atoms with Gasteiger partial charge in [-0.3, -0.25) is 4.57 Å². The van der Waals surface area contributed by atoms with Gasteiger partial charge >= 0.3 is 0 Å². The van der Waals surface area contributed by atoms with E-state index in [-0.39, 0.29) is 0 Å². The number of aromatic nitrogens is 6. The van der Waals surface area contributed by atoms with Crippen LogP contribution in [-0.2, 0) is 0 Å². The van der Waals surface area contributed by atoms with E-state index in [9.17, 15) is 0 Å². The summed E-state index contributed by atoms with van der Waals surface area (Å²) in [5, 5.41) is 5.71. The Morgan fingerprint density at radius 2 is 0.984 bits per heavy atom. The van der Waals surface area contributed by atoms with Crippen molar-refractivity contribution in [2.24, 2.45) is 0 Å². The van der Waals surface area contributed by atoms with Crippen molar-refractivity contribution in [2.45, 2.75) is 0 Å². The van der Waals surface area contributed by atoms with Gasteiger partial charge in [-0.2, -0.15) is 9.97 Å². The fraction of sp³-hybridized carbons (Fsp3) is 0. The van der Waals surface area contributed by atoms with E-state index in [1.165, 1.54) is 9.40 Å². The van der Waals surface area contributed by atoms with E-state index in [1.54, 1.807) is 22.7 Å². The Morgan fingerprint density at radius 1 is 0.349 bits per heavy atom. The van der Waals surface area contributed by atoms with Crippen molar-refractivity contribution in [3.8, 4) is 62.5 Å². The Kier molecular flexibility index (Phi) is 8.15. The molecule has 0 amide bonds. The van der Waals surface area contributed by atoms with Crippen LogP contribution >= 0.6 is 22.7 Å². The Balaban J connectivity index is 1.00. The molecule has 0 bridgehead atoms. The summed E-state index contributed by atoms with van der Waals surface area (Å²) in [6, 6.07) is 67.9. The smallest absolute Gasteiger partial charge is 0.238 e. The fourth-order valence-corrected chi connectivity index (χ4v) is 11.3. The molecule has 0 saturated heterocycles. The summed E-state index contributed by atoms with van der Waals surface area (Å²) in [5.41, 5.74) is 10.2. The maximum atomic E-state index is 5.35. The number of hydrogen-bond donors (Lipinski definition) is 0. The number of para-hydroxylation sites is 1. The number of thiophene rings is 2. The van der Waals surface area contributed by atoms with Crippen molar-refractivity contribution in [1.82, 2.24) is 29.5 Å². The summed E-state index contributed by atoms with van der Waals surface area (Å²) < 4.78 is 6.79. The average Bonchev–Trinajstić information content (AvgIpc) is 4.03. The second kappa shape index (κ2) is 14.3. The van der Waals surface area contributed by atoms with Gasteiger partial charge in [-0.1, -0.05) is 164 Å². The third kappa shape index (κ3) is 5.87. The van der Waals surface area contributed by atoms with Crippen LogP contribution in [0.4, 0.5) is 0 Å². The van der Waals surface area contributed by atoms with E-state index < -0.39 is 0 Å². The van der Waals surface area contributed by atoms with Crippen LogP contribution in [0.1, 0.15) is 0 Å². The molecule has 294 valence electrons. The van der Waals surface area contributed by atoms with Gasteiger partial charge in [-0.15, -0.1) is 22.7 Å². The van der Waals surface area contributed by atoms with Gasteiger partial charge in [0.25, 0.3) is 0 Å². The molecule has 0 aliphatic rings. The van der Waals surface area contributed by atoms with E-state index in [1.807, 2.05) is 30.3 Å². The lowest BCUT2D eigenvalue weighted by Gasteiger charge is -2.11. The van der Waals surface area contributed by atoms with Crippen molar-refractivity contribution < 1.29 is 0 Å². The molecular formula is C55H32N6S2. The predicted molar refractivity (Wildman–Crippen MR) is 263 cm³/mol. The van der Waals surface area contributed by atoms with Crippen LogP contribution in [0, 0.1) is 0 Å². The Bertz CT molecular complexity index is 3910. The van der Waals surface area contributed by atoms with Crippen molar-refractivity contribution in [3.05, 3.63) is 194 Å². The number of nitrogens with zero attached hydrogens (tertiary/aromatic N) is 6. The van der Waals surface area contributed by atoms with Gasteiger partial charge in [0.1, 0.15) is 0 Å². The molecule has 0 atom stereocenters. The molecule has 0 N–H and O–H groups in total. The minimum Gasteiger partial charge on any atom is -0.278 e. The summed E-state index contributed by atoms with van der Waals surface area (Å²) in [7, 11) is 0. The summed E-state index contributed by atoms with van der Waals surface area (Å²) in [4.78, 5) is 26.4.